The van der Waals surface area contributed by atoms with Gasteiger partial charge in [0.15, 0.2) is 0 Å². The molecule has 0 aromatic heterocycles. The predicted molar refractivity (Wildman–Crippen MR) is 69.0 cm³/mol. The van der Waals surface area contributed by atoms with Gasteiger partial charge >= 0.3 is 7.60 Å². The molecule has 0 spiro atoms. The van der Waals surface area contributed by atoms with E-state index in [1.54, 1.807) is 12.1 Å². The first-order valence-electron chi connectivity index (χ1n) is 5.82. The molecule has 95 valence electrons. The Labute approximate surface area is 104 Å². The van der Waals surface area contributed by atoms with Crippen LogP contribution in [0.3, 0.4) is 0 Å². The number of rotatable bonds is 6. The summed E-state index contributed by atoms with van der Waals surface area (Å²) in [6, 6.07) is 10.3. The summed E-state index contributed by atoms with van der Waals surface area (Å²) in [4.78, 5) is 0. The second kappa shape index (κ2) is 6.34. The molecule has 0 saturated heterocycles. The van der Waals surface area contributed by atoms with E-state index in [1.807, 2.05) is 39.8 Å². The molecule has 1 aromatic rings. The molecule has 0 unspecified atom stereocenters. The third-order valence-electron chi connectivity index (χ3n) is 1.91. The quantitative estimate of drug-likeness (QED) is 0.720. The molecule has 0 aliphatic carbocycles. The third-order valence-corrected chi connectivity index (χ3v) is 4.14. The fourth-order valence-corrected chi connectivity index (χ4v) is 3.63. The van der Waals surface area contributed by atoms with Gasteiger partial charge in [-0.05, 0) is 39.3 Å². The predicted octanol–water partition coefficient (Wildman–Crippen LogP) is 4.03. The normalized spacial score (nSPS) is 12.4. The second-order valence-corrected chi connectivity index (χ2v) is 6.45. The van der Waals surface area contributed by atoms with E-state index in [0.29, 0.717) is 6.16 Å². The van der Waals surface area contributed by atoms with E-state index in [4.69, 9.17) is 9.05 Å². The number of hydrogen-bond acceptors (Lipinski definition) is 3. The van der Waals surface area contributed by atoms with Gasteiger partial charge in [-0.2, -0.15) is 0 Å². The molecule has 0 aliphatic heterocycles. The Morgan fingerprint density at radius 2 is 1.59 bits per heavy atom. The van der Waals surface area contributed by atoms with Crippen molar-refractivity contribution in [2.24, 2.45) is 0 Å². The van der Waals surface area contributed by atoms with Crippen molar-refractivity contribution in [2.45, 2.75) is 46.1 Å². The van der Waals surface area contributed by atoms with Crippen LogP contribution >= 0.6 is 7.60 Å². The van der Waals surface area contributed by atoms with Gasteiger partial charge in [0.05, 0.1) is 18.4 Å². The summed E-state index contributed by atoms with van der Waals surface area (Å²) in [5, 5.41) is 0. The summed E-state index contributed by atoms with van der Waals surface area (Å²) < 4.78 is 23.5. The SMILES string of the molecule is CC(C)OP(=O)(Cc1cc[c]cc1)OC(C)C. The van der Waals surface area contributed by atoms with Gasteiger partial charge in [-0.3, -0.25) is 4.57 Å². The minimum Gasteiger partial charge on any atom is -0.306 e. The van der Waals surface area contributed by atoms with Crippen LogP contribution in [0.25, 0.3) is 0 Å². The first-order chi connectivity index (χ1) is 7.91. The molecule has 1 rings (SSSR count). The third kappa shape index (κ3) is 5.49. The lowest BCUT2D eigenvalue weighted by Gasteiger charge is -2.22. The van der Waals surface area contributed by atoms with Gasteiger partial charge in [0.1, 0.15) is 0 Å². The molecule has 0 saturated carbocycles. The molecule has 0 heterocycles. The van der Waals surface area contributed by atoms with Crippen LogP contribution in [0.4, 0.5) is 0 Å². The minimum absolute atomic E-state index is 0.116. The largest absolute Gasteiger partial charge is 0.335 e. The van der Waals surface area contributed by atoms with Crippen LogP contribution < -0.4 is 0 Å². The summed E-state index contributed by atoms with van der Waals surface area (Å²) in [5.74, 6) is 0. The first-order valence-corrected chi connectivity index (χ1v) is 7.55. The zero-order valence-corrected chi connectivity index (χ0v) is 11.7. The summed E-state index contributed by atoms with van der Waals surface area (Å²) >= 11 is 0. The zero-order chi connectivity index (χ0) is 12.9. The van der Waals surface area contributed by atoms with Crippen LogP contribution in [0.1, 0.15) is 33.3 Å². The smallest absolute Gasteiger partial charge is 0.306 e. The Hall–Kier alpha value is -0.630. The van der Waals surface area contributed by atoms with E-state index in [2.05, 4.69) is 6.07 Å². The molecule has 0 bridgehead atoms. The molecule has 1 radical (unpaired) electrons. The molecule has 3 nitrogen and oxygen atoms in total. The molecule has 17 heavy (non-hydrogen) atoms. The Kier molecular flexibility index (Phi) is 5.38. The van der Waals surface area contributed by atoms with Gasteiger partial charge in [-0.25, -0.2) is 0 Å². The highest BCUT2D eigenvalue weighted by molar-refractivity contribution is 7.53. The maximum absolute atomic E-state index is 12.5. The van der Waals surface area contributed by atoms with E-state index in [1.165, 1.54) is 0 Å². The molecular weight excluding hydrogens is 235 g/mol. The Bertz CT molecular complexity index is 360. The molecule has 0 fully saturated rings. The van der Waals surface area contributed by atoms with Crippen LogP contribution in [0.5, 0.6) is 0 Å². The molecular formula is C13H20O3P. The van der Waals surface area contributed by atoms with Crippen molar-refractivity contribution in [3.63, 3.8) is 0 Å². The van der Waals surface area contributed by atoms with Crippen LogP contribution in [0.15, 0.2) is 24.3 Å². The van der Waals surface area contributed by atoms with E-state index < -0.39 is 7.60 Å². The molecule has 1 aromatic carbocycles. The Morgan fingerprint density at radius 3 is 2.00 bits per heavy atom. The van der Waals surface area contributed by atoms with Crippen molar-refractivity contribution >= 4 is 7.60 Å². The highest BCUT2D eigenvalue weighted by atomic mass is 31.2. The van der Waals surface area contributed by atoms with Gasteiger partial charge in [0.2, 0.25) is 0 Å². The van der Waals surface area contributed by atoms with Crippen molar-refractivity contribution in [3.8, 4) is 0 Å². The highest BCUT2D eigenvalue weighted by Crippen LogP contribution is 2.53. The standard InChI is InChI=1S/C13H20O3P/c1-11(2)15-17(14,16-12(3)4)10-13-8-6-5-7-9-13/h6-9,11-12H,10H2,1-4H3. The van der Waals surface area contributed by atoms with Crippen molar-refractivity contribution in [2.75, 3.05) is 0 Å². The van der Waals surface area contributed by atoms with E-state index in [0.717, 1.165) is 5.56 Å². The maximum atomic E-state index is 12.5. The van der Waals surface area contributed by atoms with Crippen LogP contribution in [0.2, 0.25) is 0 Å². The lowest BCUT2D eigenvalue weighted by Crippen LogP contribution is -2.09. The van der Waals surface area contributed by atoms with Gasteiger partial charge in [-0.15, -0.1) is 0 Å². The first kappa shape index (κ1) is 14.4. The van der Waals surface area contributed by atoms with Gasteiger partial charge < -0.3 is 9.05 Å². The molecule has 4 heteroatoms. The van der Waals surface area contributed by atoms with Crippen molar-refractivity contribution < 1.29 is 13.6 Å². The van der Waals surface area contributed by atoms with Gasteiger partial charge in [-0.1, -0.05) is 24.3 Å². The topological polar surface area (TPSA) is 35.5 Å². The molecule has 0 N–H and O–H groups in total. The lowest BCUT2D eigenvalue weighted by molar-refractivity contribution is 0.141. The van der Waals surface area contributed by atoms with Crippen molar-refractivity contribution in [1.29, 1.82) is 0 Å². The van der Waals surface area contributed by atoms with Gasteiger partial charge in [0, 0.05) is 0 Å². The zero-order valence-electron chi connectivity index (χ0n) is 10.8. The van der Waals surface area contributed by atoms with Crippen LogP contribution in [0, 0.1) is 6.07 Å². The van der Waals surface area contributed by atoms with Crippen LogP contribution in [-0.4, -0.2) is 12.2 Å². The van der Waals surface area contributed by atoms with Crippen LogP contribution in [-0.2, 0) is 19.8 Å². The summed E-state index contributed by atoms with van der Waals surface area (Å²) in [7, 11) is -3.07. The lowest BCUT2D eigenvalue weighted by atomic mass is 10.2. The Morgan fingerprint density at radius 1 is 1.12 bits per heavy atom. The fraction of sp³-hybridized carbons (Fsp3) is 0.538. The maximum Gasteiger partial charge on any atom is 0.335 e. The monoisotopic (exact) mass is 255 g/mol. The van der Waals surface area contributed by atoms with E-state index >= 15 is 0 Å². The fourth-order valence-electron chi connectivity index (χ4n) is 1.49. The highest BCUT2D eigenvalue weighted by Gasteiger charge is 2.27. The number of hydrogen-bond donors (Lipinski definition) is 0. The van der Waals surface area contributed by atoms with Gasteiger partial charge in [0.25, 0.3) is 0 Å². The molecule has 0 amide bonds. The summed E-state index contributed by atoms with van der Waals surface area (Å²) in [6.07, 6.45) is 0.0719. The summed E-state index contributed by atoms with van der Waals surface area (Å²) in [5.41, 5.74) is 0.938. The molecule has 0 atom stereocenters. The molecule has 0 aliphatic rings. The average molecular weight is 255 g/mol. The number of benzene rings is 1. The van der Waals surface area contributed by atoms with Crippen molar-refractivity contribution in [1.82, 2.24) is 0 Å². The van der Waals surface area contributed by atoms with E-state index in [9.17, 15) is 4.57 Å². The summed E-state index contributed by atoms with van der Waals surface area (Å²) in [6.45, 7) is 7.43. The second-order valence-electron chi connectivity index (χ2n) is 4.49. The minimum atomic E-state index is -3.07. The van der Waals surface area contributed by atoms with E-state index in [-0.39, 0.29) is 12.2 Å². The van der Waals surface area contributed by atoms with Crippen molar-refractivity contribution in [3.05, 3.63) is 35.9 Å². The Balaban J connectivity index is 2.80. The average Bonchev–Trinajstić information content (AvgIpc) is 2.15.